The fraction of sp³-hybridized carbons (Fsp3) is 0. The molecule has 0 saturated carbocycles. The molecule has 0 saturated heterocycles. The van der Waals surface area contributed by atoms with E-state index in [1.807, 2.05) is 0 Å². The van der Waals surface area contributed by atoms with Crippen molar-refractivity contribution in [2.75, 3.05) is 5.32 Å². The number of nitro groups is 1. The number of pyridine rings is 1. The highest BCUT2D eigenvalue weighted by atomic mass is 79.9. The van der Waals surface area contributed by atoms with E-state index in [-0.39, 0.29) is 17.1 Å². The molecule has 0 aliphatic rings. The van der Waals surface area contributed by atoms with Gasteiger partial charge in [-0.25, -0.2) is 4.98 Å². The zero-order valence-electron chi connectivity index (χ0n) is 9.84. The summed E-state index contributed by atoms with van der Waals surface area (Å²) in [6, 6.07) is 6.98. The normalized spacial score (nSPS) is 10.1. The lowest BCUT2D eigenvalue weighted by Gasteiger charge is -2.06. The Morgan fingerprint density at radius 3 is 2.75 bits per heavy atom. The lowest BCUT2D eigenvalue weighted by molar-refractivity contribution is -0.384. The van der Waals surface area contributed by atoms with Crippen molar-refractivity contribution < 1.29 is 9.72 Å². The lowest BCUT2D eigenvalue weighted by Crippen LogP contribution is -2.13. The van der Waals surface area contributed by atoms with Crippen LogP contribution in [0.4, 0.5) is 11.5 Å². The quantitative estimate of drug-likeness (QED) is 0.672. The van der Waals surface area contributed by atoms with E-state index in [2.05, 4.69) is 26.2 Å². The molecule has 0 bridgehead atoms. The Bertz CT molecular complexity index is 693. The molecular formula is C12H7BrClN3O3. The number of nitrogens with zero attached hydrogens (tertiary/aromatic N) is 2. The molecule has 0 spiro atoms. The van der Waals surface area contributed by atoms with Crippen molar-refractivity contribution in [3.8, 4) is 0 Å². The number of benzene rings is 1. The summed E-state index contributed by atoms with van der Waals surface area (Å²) in [6.45, 7) is 0. The van der Waals surface area contributed by atoms with Crippen molar-refractivity contribution in [2.45, 2.75) is 0 Å². The van der Waals surface area contributed by atoms with Crippen LogP contribution in [-0.4, -0.2) is 15.8 Å². The fourth-order valence-electron chi connectivity index (χ4n) is 1.46. The Morgan fingerprint density at radius 2 is 2.10 bits per heavy atom. The zero-order valence-corrected chi connectivity index (χ0v) is 12.2. The number of rotatable bonds is 3. The molecule has 20 heavy (non-hydrogen) atoms. The highest BCUT2D eigenvalue weighted by Gasteiger charge is 2.16. The maximum Gasteiger partial charge on any atom is 0.270 e. The molecule has 1 heterocycles. The monoisotopic (exact) mass is 355 g/mol. The Hall–Kier alpha value is -1.99. The van der Waals surface area contributed by atoms with Crippen LogP contribution in [0.2, 0.25) is 5.02 Å². The van der Waals surface area contributed by atoms with Crippen LogP contribution in [-0.2, 0) is 0 Å². The van der Waals surface area contributed by atoms with Gasteiger partial charge in [0.1, 0.15) is 5.82 Å². The second kappa shape index (κ2) is 5.98. The van der Waals surface area contributed by atoms with Crippen molar-refractivity contribution in [1.82, 2.24) is 4.98 Å². The summed E-state index contributed by atoms with van der Waals surface area (Å²) < 4.78 is 0.447. The molecule has 2 aromatic rings. The topological polar surface area (TPSA) is 85.1 Å². The molecule has 2 rings (SSSR count). The van der Waals surface area contributed by atoms with Crippen molar-refractivity contribution in [3.63, 3.8) is 0 Å². The van der Waals surface area contributed by atoms with E-state index in [0.717, 1.165) is 0 Å². The number of nitrogens with one attached hydrogen (secondary N) is 1. The number of halogens is 2. The van der Waals surface area contributed by atoms with Crippen LogP contribution in [0.5, 0.6) is 0 Å². The van der Waals surface area contributed by atoms with Gasteiger partial charge in [-0.1, -0.05) is 11.6 Å². The van der Waals surface area contributed by atoms with Gasteiger partial charge < -0.3 is 5.32 Å². The smallest absolute Gasteiger partial charge is 0.270 e. The molecule has 1 N–H and O–H groups in total. The standard InChI is InChI=1S/C12H7BrClN3O3/c13-10-2-1-8(17(19)20)6-9(10)12(18)16-11-5-7(14)3-4-15-11/h1-6H,(H,15,16,18). The minimum Gasteiger partial charge on any atom is -0.306 e. The third-order valence-electron chi connectivity index (χ3n) is 2.37. The van der Waals surface area contributed by atoms with Gasteiger partial charge in [0.05, 0.1) is 10.5 Å². The molecule has 102 valence electrons. The molecule has 0 unspecified atom stereocenters. The van der Waals surface area contributed by atoms with Crippen LogP contribution in [0.15, 0.2) is 41.0 Å². The van der Waals surface area contributed by atoms with Crippen molar-refractivity contribution in [2.24, 2.45) is 0 Å². The van der Waals surface area contributed by atoms with Crippen LogP contribution in [0.25, 0.3) is 0 Å². The molecule has 1 aromatic heterocycles. The predicted molar refractivity (Wildman–Crippen MR) is 78.0 cm³/mol. The minimum atomic E-state index is -0.569. The van der Waals surface area contributed by atoms with Crippen molar-refractivity contribution >= 4 is 44.9 Å². The molecular weight excluding hydrogens is 350 g/mol. The second-order valence-corrected chi connectivity index (χ2v) is 5.03. The molecule has 6 nitrogen and oxygen atoms in total. The Balaban J connectivity index is 2.29. The first-order valence-electron chi connectivity index (χ1n) is 5.34. The fourth-order valence-corrected chi connectivity index (χ4v) is 2.04. The number of anilines is 1. The molecule has 1 aromatic carbocycles. The largest absolute Gasteiger partial charge is 0.306 e. The molecule has 0 fully saturated rings. The lowest BCUT2D eigenvalue weighted by atomic mass is 10.2. The maximum atomic E-state index is 12.1. The summed E-state index contributed by atoms with van der Waals surface area (Å²) in [4.78, 5) is 26.2. The number of amides is 1. The second-order valence-electron chi connectivity index (χ2n) is 3.73. The number of carbonyl (C=O) groups excluding carboxylic acids is 1. The minimum absolute atomic E-state index is 0.140. The summed E-state index contributed by atoms with van der Waals surface area (Å²) in [7, 11) is 0. The van der Waals surface area contributed by atoms with E-state index in [1.54, 1.807) is 6.07 Å². The average Bonchev–Trinajstić information content (AvgIpc) is 2.38. The number of nitro benzene ring substituents is 1. The first-order chi connectivity index (χ1) is 9.47. The Morgan fingerprint density at radius 1 is 1.35 bits per heavy atom. The zero-order chi connectivity index (χ0) is 14.7. The van der Waals surface area contributed by atoms with Crippen molar-refractivity contribution in [1.29, 1.82) is 0 Å². The summed E-state index contributed by atoms with van der Waals surface area (Å²) in [5.74, 6) is -0.253. The van der Waals surface area contributed by atoms with E-state index in [4.69, 9.17) is 11.6 Å². The van der Waals surface area contributed by atoms with E-state index < -0.39 is 10.8 Å². The predicted octanol–water partition coefficient (Wildman–Crippen LogP) is 3.66. The number of non-ortho nitro benzene ring substituents is 1. The summed E-state index contributed by atoms with van der Waals surface area (Å²) >= 11 is 8.96. The van der Waals surface area contributed by atoms with Gasteiger partial charge in [-0.05, 0) is 34.1 Å². The number of hydrogen-bond acceptors (Lipinski definition) is 4. The van der Waals surface area contributed by atoms with Gasteiger partial charge in [0.2, 0.25) is 0 Å². The van der Waals surface area contributed by atoms with Crippen LogP contribution in [0, 0.1) is 10.1 Å². The van der Waals surface area contributed by atoms with E-state index in [1.165, 1.54) is 30.5 Å². The van der Waals surface area contributed by atoms with Gasteiger partial charge in [0.15, 0.2) is 0 Å². The summed E-state index contributed by atoms with van der Waals surface area (Å²) in [6.07, 6.45) is 1.44. The highest BCUT2D eigenvalue weighted by molar-refractivity contribution is 9.10. The summed E-state index contributed by atoms with van der Waals surface area (Å²) in [5.41, 5.74) is -0.0293. The summed E-state index contributed by atoms with van der Waals surface area (Å²) in [5, 5.41) is 13.7. The van der Waals surface area contributed by atoms with Crippen LogP contribution in [0.3, 0.4) is 0 Å². The molecule has 0 radical (unpaired) electrons. The van der Waals surface area contributed by atoms with Gasteiger partial charge in [0, 0.05) is 27.8 Å². The van der Waals surface area contributed by atoms with E-state index >= 15 is 0 Å². The third-order valence-corrected chi connectivity index (χ3v) is 3.30. The molecule has 8 heteroatoms. The van der Waals surface area contributed by atoms with E-state index in [9.17, 15) is 14.9 Å². The van der Waals surface area contributed by atoms with Crippen molar-refractivity contribution in [3.05, 3.63) is 61.7 Å². The SMILES string of the molecule is O=C(Nc1cc(Cl)ccn1)c1cc([N+](=O)[O-])ccc1Br. The van der Waals surface area contributed by atoms with Gasteiger partial charge in [-0.2, -0.15) is 0 Å². The number of carbonyl (C=O) groups is 1. The third kappa shape index (κ3) is 3.31. The Kier molecular flexibility index (Phi) is 4.31. The maximum absolute atomic E-state index is 12.1. The van der Waals surface area contributed by atoms with Crippen LogP contribution >= 0.6 is 27.5 Å². The van der Waals surface area contributed by atoms with Gasteiger partial charge in [-0.15, -0.1) is 0 Å². The van der Waals surface area contributed by atoms with E-state index in [0.29, 0.717) is 9.50 Å². The highest BCUT2D eigenvalue weighted by Crippen LogP contribution is 2.23. The Labute approximate surface area is 127 Å². The van der Waals surface area contributed by atoms with Gasteiger partial charge in [0.25, 0.3) is 11.6 Å². The first kappa shape index (κ1) is 14.4. The molecule has 1 amide bonds. The van der Waals surface area contributed by atoms with Crippen LogP contribution < -0.4 is 5.32 Å². The molecule has 0 aliphatic carbocycles. The first-order valence-corrected chi connectivity index (χ1v) is 6.51. The van der Waals surface area contributed by atoms with Gasteiger partial charge >= 0.3 is 0 Å². The number of hydrogen-bond donors (Lipinski definition) is 1. The number of aromatic nitrogens is 1. The van der Waals surface area contributed by atoms with Gasteiger partial charge in [-0.3, -0.25) is 14.9 Å². The molecule has 0 aliphatic heterocycles. The average molecular weight is 357 g/mol. The van der Waals surface area contributed by atoms with Crippen LogP contribution in [0.1, 0.15) is 10.4 Å². The molecule has 0 atom stereocenters.